The molecule has 0 radical (unpaired) electrons. The molecule has 12 heteroatoms. The molecule has 0 bridgehead atoms. The molecule has 7 nitrogen and oxygen atoms in total. The Hall–Kier alpha value is -3.15. The monoisotopic (exact) mass is 557 g/mol. The van der Waals surface area contributed by atoms with Gasteiger partial charge in [-0.05, 0) is 53.9 Å². The molecular formula is C25H23ClF3NO6S. The van der Waals surface area contributed by atoms with E-state index in [4.69, 9.17) is 25.8 Å². The van der Waals surface area contributed by atoms with Crippen molar-refractivity contribution < 1.29 is 40.5 Å². The first-order valence-electron chi connectivity index (χ1n) is 10.9. The molecule has 1 atom stereocenters. The van der Waals surface area contributed by atoms with Crippen molar-refractivity contribution in [2.24, 2.45) is 0 Å². The number of hydrogen-bond donors (Lipinski definition) is 0. The van der Waals surface area contributed by atoms with E-state index in [2.05, 4.69) is 4.74 Å². The van der Waals surface area contributed by atoms with Crippen LogP contribution in [-0.2, 0) is 16.4 Å². The number of benzene rings is 3. The van der Waals surface area contributed by atoms with Crippen LogP contribution in [0.2, 0.25) is 5.02 Å². The Bertz CT molecular complexity index is 1400. The van der Waals surface area contributed by atoms with Crippen LogP contribution in [0.25, 0.3) is 0 Å². The molecule has 198 valence electrons. The number of nitrogens with zero attached hydrogens (tertiary/aromatic N) is 1. The van der Waals surface area contributed by atoms with Crippen LogP contribution in [-0.4, -0.2) is 47.0 Å². The molecule has 1 aliphatic heterocycles. The summed E-state index contributed by atoms with van der Waals surface area (Å²) in [7, 11) is -0.0430. The van der Waals surface area contributed by atoms with Crippen molar-refractivity contribution in [1.82, 2.24) is 4.31 Å². The summed E-state index contributed by atoms with van der Waals surface area (Å²) >= 11 is 6.12. The van der Waals surface area contributed by atoms with Crippen molar-refractivity contribution in [3.05, 3.63) is 76.3 Å². The number of fused-ring (bicyclic) bond motifs is 1. The fourth-order valence-electron chi connectivity index (χ4n) is 4.42. The molecule has 0 aromatic heterocycles. The maximum atomic E-state index is 14.1. The van der Waals surface area contributed by atoms with Crippen LogP contribution in [0.5, 0.6) is 23.0 Å². The van der Waals surface area contributed by atoms with Gasteiger partial charge in [0.25, 0.3) is 0 Å². The molecule has 37 heavy (non-hydrogen) atoms. The average Bonchev–Trinajstić information content (AvgIpc) is 2.86. The molecule has 0 saturated heterocycles. The second kappa shape index (κ2) is 10.3. The van der Waals surface area contributed by atoms with Crippen LogP contribution < -0.4 is 18.9 Å². The van der Waals surface area contributed by atoms with Crippen molar-refractivity contribution in [3.63, 3.8) is 0 Å². The van der Waals surface area contributed by atoms with Crippen LogP contribution in [0.1, 0.15) is 22.7 Å². The lowest BCUT2D eigenvalue weighted by atomic mass is 9.88. The Balaban J connectivity index is 1.96. The predicted molar refractivity (Wildman–Crippen MR) is 130 cm³/mol. The average molecular weight is 558 g/mol. The SMILES string of the molecule is COc1cc2c(c(OC)c1)[C@H](c1cccc(OC(F)(F)F)c1)N(S(=O)(=O)c1cc(Cl)ccc1OC)CC2. The van der Waals surface area contributed by atoms with E-state index in [1.807, 2.05) is 0 Å². The number of halogens is 4. The normalized spacial score (nSPS) is 16.1. The molecular weight excluding hydrogens is 535 g/mol. The zero-order valence-corrected chi connectivity index (χ0v) is 21.6. The van der Waals surface area contributed by atoms with Crippen LogP contribution >= 0.6 is 11.6 Å². The first-order chi connectivity index (χ1) is 17.5. The molecule has 0 fully saturated rings. The molecule has 0 saturated carbocycles. The van der Waals surface area contributed by atoms with Gasteiger partial charge in [-0.3, -0.25) is 0 Å². The molecule has 0 spiro atoms. The van der Waals surface area contributed by atoms with Crippen LogP contribution in [0, 0.1) is 0 Å². The maximum Gasteiger partial charge on any atom is 0.573 e. The Morgan fingerprint density at radius 2 is 1.65 bits per heavy atom. The fourth-order valence-corrected chi connectivity index (χ4v) is 6.42. The summed E-state index contributed by atoms with van der Waals surface area (Å²) in [6.45, 7) is 0.0103. The smallest absolute Gasteiger partial charge is 0.497 e. The molecule has 1 aliphatic rings. The van der Waals surface area contributed by atoms with Gasteiger partial charge in [0.05, 0.1) is 27.4 Å². The van der Waals surface area contributed by atoms with Gasteiger partial charge in [0.1, 0.15) is 27.9 Å². The quantitative estimate of drug-likeness (QED) is 0.376. The van der Waals surface area contributed by atoms with Crippen LogP contribution in [0.15, 0.2) is 59.5 Å². The fraction of sp³-hybridized carbons (Fsp3) is 0.280. The lowest BCUT2D eigenvalue weighted by Gasteiger charge is -2.38. The van der Waals surface area contributed by atoms with Crippen molar-refractivity contribution in [2.75, 3.05) is 27.9 Å². The molecule has 0 N–H and O–H groups in total. The summed E-state index contributed by atoms with van der Waals surface area (Å²) in [5.41, 5.74) is 1.45. The van der Waals surface area contributed by atoms with E-state index >= 15 is 0 Å². The van der Waals surface area contributed by atoms with E-state index in [0.717, 1.165) is 17.7 Å². The van der Waals surface area contributed by atoms with E-state index in [1.165, 1.54) is 56.0 Å². The minimum atomic E-state index is -4.92. The second-order valence-electron chi connectivity index (χ2n) is 8.09. The lowest BCUT2D eigenvalue weighted by Crippen LogP contribution is -2.41. The molecule has 3 aromatic carbocycles. The second-order valence-corrected chi connectivity index (χ2v) is 10.4. The molecule has 1 heterocycles. The third-order valence-electron chi connectivity index (χ3n) is 5.94. The van der Waals surface area contributed by atoms with E-state index in [-0.39, 0.29) is 27.8 Å². The van der Waals surface area contributed by atoms with Crippen molar-refractivity contribution in [1.29, 1.82) is 0 Å². The Morgan fingerprint density at radius 3 is 2.30 bits per heavy atom. The zero-order valence-electron chi connectivity index (χ0n) is 20.0. The molecule has 0 amide bonds. The minimum Gasteiger partial charge on any atom is -0.497 e. The first kappa shape index (κ1) is 26.9. The summed E-state index contributed by atoms with van der Waals surface area (Å²) in [5, 5.41) is 0.177. The Kier molecular flexibility index (Phi) is 7.50. The highest BCUT2D eigenvalue weighted by molar-refractivity contribution is 7.89. The Morgan fingerprint density at radius 1 is 0.919 bits per heavy atom. The van der Waals surface area contributed by atoms with E-state index in [0.29, 0.717) is 23.5 Å². The number of rotatable bonds is 7. The van der Waals surface area contributed by atoms with Gasteiger partial charge in [0.15, 0.2) is 0 Å². The number of hydrogen-bond acceptors (Lipinski definition) is 6. The predicted octanol–water partition coefficient (Wildman–Crippen LogP) is 5.60. The summed E-state index contributed by atoms with van der Waals surface area (Å²) in [6, 6.07) is 11.7. The molecule has 3 aromatic rings. The first-order valence-corrected chi connectivity index (χ1v) is 12.8. The highest BCUT2D eigenvalue weighted by Gasteiger charge is 2.41. The number of methoxy groups -OCH3 is 3. The topological polar surface area (TPSA) is 74.3 Å². The van der Waals surface area contributed by atoms with Gasteiger partial charge >= 0.3 is 6.36 Å². The van der Waals surface area contributed by atoms with Crippen LogP contribution in [0.4, 0.5) is 13.2 Å². The summed E-state index contributed by atoms with van der Waals surface area (Å²) in [4.78, 5) is -0.175. The van der Waals surface area contributed by atoms with Gasteiger partial charge < -0.3 is 18.9 Å². The highest BCUT2D eigenvalue weighted by Crippen LogP contribution is 2.46. The van der Waals surface area contributed by atoms with Crippen LogP contribution in [0.3, 0.4) is 0 Å². The van der Waals surface area contributed by atoms with E-state index < -0.39 is 28.2 Å². The van der Waals surface area contributed by atoms with Gasteiger partial charge in [0, 0.05) is 23.2 Å². The number of alkyl halides is 3. The summed E-state index contributed by atoms with van der Waals surface area (Å²) in [6.07, 6.45) is -4.63. The van der Waals surface area contributed by atoms with Gasteiger partial charge in [0.2, 0.25) is 10.0 Å². The summed E-state index contributed by atoms with van der Waals surface area (Å²) in [5.74, 6) is 0.405. The van der Waals surface area contributed by atoms with Crippen molar-refractivity contribution in [3.8, 4) is 23.0 Å². The zero-order chi connectivity index (χ0) is 27.0. The summed E-state index contributed by atoms with van der Waals surface area (Å²) < 4.78 is 88.6. The maximum absolute atomic E-state index is 14.1. The van der Waals surface area contributed by atoms with Crippen molar-refractivity contribution >= 4 is 21.6 Å². The minimum absolute atomic E-state index is 0.0103. The molecule has 0 unspecified atom stereocenters. The van der Waals surface area contributed by atoms with E-state index in [1.54, 1.807) is 12.1 Å². The largest absolute Gasteiger partial charge is 0.573 e. The third kappa shape index (κ3) is 5.43. The third-order valence-corrected chi connectivity index (χ3v) is 8.06. The van der Waals surface area contributed by atoms with Crippen molar-refractivity contribution in [2.45, 2.75) is 23.7 Å². The number of ether oxygens (including phenoxy) is 4. The standard InChI is InChI=1S/C25H23ClF3NO6S/c1-33-19-11-15-9-10-30(37(31,32)22-13-17(26)7-8-20(22)34-2)24(23(15)21(14-19)35-3)16-5-4-6-18(12-16)36-25(27,28)29/h4-8,11-14,24H,9-10H2,1-3H3/t24-/m0/s1. The van der Waals surface area contributed by atoms with Gasteiger partial charge in [-0.15, -0.1) is 13.2 Å². The van der Waals surface area contributed by atoms with Gasteiger partial charge in [-0.2, -0.15) is 4.31 Å². The number of sulfonamides is 1. The van der Waals surface area contributed by atoms with Gasteiger partial charge in [-0.25, -0.2) is 8.42 Å². The lowest BCUT2D eigenvalue weighted by molar-refractivity contribution is -0.274. The Labute approximate surface area is 217 Å². The highest BCUT2D eigenvalue weighted by atomic mass is 35.5. The van der Waals surface area contributed by atoms with Gasteiger partial charge in [-0.1, -0.05) is 23.7 Å². The molecule has 4 rings (SSSR count). The van der Waals surface area contributed by atoms with E-state index in [9.17, 15) is 21.6 Å². The molecule has 0 aliphatic carbocycles.